The summed E-state index contributed by atoms with van der Waals surface area (Å²) in [6.07, 6.45) is 0. The second kappa shape index (κ2) is 4.87. The van der Waals surface area contributed by atoms with Crippen molar-refractivity contribution in [3.8, 4) is 0 Å². The summed E-state index contributed by atoms with van der Waals surface area (Å²) in [4.78, 5) is 0.121. The second-order valence-corrected chi connectivity index (χ2v) is 6.01. The van der Waals surface area contributed by atoms with Crippen molar-refractivity contribution in [3.63, 3.8) is 0 Å². The van der Waals surface area contributed by atoms with E-state index in [-0.39, 0.29) is 17.1 Å². The third kappa shape index (κ3) is 2.85. The molecule has 0 amide bonds. The van der Waals surface area contributed by atoms with Gasteiger partial charge in [-0.1, -0.05) is 12.1 Å². The van der Waals surface area contributed by atoms with E-state index < -0.39 is 10.0 Å². The third-order valence-corrected chi connectivity index (χ3v) is 4.46. The Hall–Kier alpha value is -1.37. The lowest BCUT2D eigenvalue weighted by Crippen LogP contribution is -2.23. The zero-order chi connectivity index (χ0) is 12.3. The number of para-hydroxylation sites is 1. The summed E-state index contributed by atoms with van der Waals surface area (Å²) in [5, 5.41) is 3.80. The van der Waals surface area contributed by atoms with Gasteiger partial charge in [-0.15, -0.1) is 0 Å². The Kier molecular flexibility index (Phi) is 3.46. The van der Waals surface area contributed by atoms with Crippen molar-refractivity contribution in [3.05, 3.63) is 46.7 Å². The Morgan fingerprint density at radius 2 is 2.00 bits per heavy atom. The second-order valence-electron chi connectivity index (χ2n) is 3.49. The molecule has 90 valence electrons. The Morgan fingerprint density at radius 1 is 1.24 bits per heavy atom. The number of nitrogens with two attached hydrogens (primary N) is 1. The lowest BCUT2D eigenvalue weighted by Gasteiger charge is -2.07. The topological polar surface area (TPSA) is 72.2 Å². The maximum atomic E-state index is 12.0. The molecule has 0 radical (unpaired) electrons. The number of nitrogen functional groups attached to an aromatic ring is 1. The van der Waals surface area contributed by atoms with Gasteiger partial charge in [0.1, 0.15) is 4.90 Å². The SMILES string of the molecule is Nc1ccccc1S(=O)(=O)NCc1ccsc1. The van der Waals surface area contributed by atoms with Gasteiger partial charge in [0.05, 0.1) is 5.69 Å². The van der Waals surface area contributed by atoms with Gasteiger partial charge in [0.25, 0.3) is 0 Å². The lowest BCUT2D eigenvalue weighted by atomic mass is 10.3. The summed E-state index contributed by atoms with van der Waals surface area (Å²) < 4.78 is 26.4. The number of hydrogen-bond acceptors (Lipinski definition) is 4. The minimum atomic E-state index is -3.54. The summed E-state index contributed by atoms with van der Waals surface area (Å²) in [6, 6.07) is 8.29. The normalized spacial score (nSPS) is 11.5. The molecule has 0 aliphatic carbocycles. The van der Waals surface area contributed by atoms with Gasteiger partial charge in [0.15, 0.2) is 0 Å². The first-order valence-corrected chi connectivity index (χ1v) is 7.37. The van der Waals surface area contributed by atoms with Crippen molar-refractivity contribution in [1.82, 2.24) is 4.72 Å². The molecule has 1 aromatic heterocycles. The van der Waals surface area contributed by atoms with Gasteiger partial charge in [-0.3, -0.25) is 0 Å². The molecule has 0 fully saturated rings. The Bertz CT molecular complexity index is 592. The van der Waals surface area contributed by atoms with Crippen LogP contribution in [0.4, 0.5) is 5.69 Å². The van der Waals surface area contributed by atoms with Crippen LogP contribution in [-0.4, -0.2) is 8.42 Å². The minimum Gasteiger partial charge on any atom is -0.398 e. The lowest BCUT2D eigenvalue weighted by molar-refractivity contribution is 0.582. The summed E-state index contributed by atoms with van der Waals surface area (Å²) in [6.45, 7) is 0.278. The Balaban J connectivity index is 2.17. The average Bonchev–Trinajstić information content (AvgIpc) is 2.80. The number of benzene rings is 1. The average molecular weight is 268 g/mol. The van der Waals surface area contributed by atoms with Gasteiger partial charge in [0, 0.05) is 6.54 Å². The van der Waals surface area contributed by atoms with Crippen molar-refractivity contribution < 1.29 is 8.42 Å². The number of anilines is 1. The molecule has 6 heteroatoms. The standard InChI is InChI=1S/C11H12N2O2S2/c12-10-3-1-2-4-11(10)17(14,15)13-7-9-5-6-16-8-9/h1-6,8,13H,7,12H2. The maximum absolute atomic E-state index is 12.0. The molecule has 0 bridgehead atoms. The number of sulfonamides is 1. The molecule has 0 saturated heterocycles. The van der Waals surface area contributed by atoms with E-state index in [0.29, 0.717) is 0 Å². The largest absolute Gasteiger partial charge is 0.398 e. The smallest absolute Gasteiger partial charge is 0.242 e. The predicted octanol–water partition coefficient (Wildman–Crippen LogP) is 1.81. The molecular weight excluding hydrogens is 256 g/mol. The maximum Gasteiger partial charge on any atom is 0.242 e. The van der Waals surface area contributed by atoms with E-state index in [1.165, 1.54) is 17.4 Å². The summed E-state index contributed by atoms with van der Waals surface area (Å²) in [5.74, 6) is 0. The highest BCUT2D eigenvalue weighted by molar-refractivity contribution is 7.89. The molecule has 3 N–H and O–H groups in total. The van der Waals surface area contributed by atoms with E-state index >= 15 is 0 Å². The zero-order valence-electron chi connectivity index (χ0n) is 8.96. The highest BCUT2D eigenvalue weighted by Gasteiger charge is 2.16. The van der Waals surface area contributed by atoms with Gasteiger partial charge in [-0.25, -0.2) is 13.1 Å². The Morgan fingerprint density at radius 3 is 2.65 bits per heavy atom. The Labute approximate surface area is 104 Å². The first-order chi connectivity index (χ1) is 8.09. The highest BCUT2D eigenvalue weighted by atomic mass is 32.2. The molecule has 1 aromatic carbocycles. The molecule has 0 unspecified atom stereocenters. The van der Waals surface area contributed by atoms with Crippen LogP contribution in [0.2, 0.25) is 0 Å². The van der Waals surface area contributed by atoms with Crippen molar-refractivity contribution >= 4 is 27.0 Å². The van der Waals surface area contributed by atoms with E-state index in [9.17, 15) is 8.42 Å². The summed E-state index contributed by atoms with van der Waals surface area (Å²) >= 11 is 1.53. The minimum absolute atomic E-state index is 0.121. The fraction of sp³-hybridized carbons (Fsp3) is 0.0909. The molecule has 0 aliphatic heterocycles. The summed E-state index contributed by atoms with van der Waals surface area (Å²) in [5.41, 5.74) is 6.83. The van der Waals surface area contributed by atoms with Crippen LogP contribution in [0.3, 0.4) is 0 Å². The molecule has 17 heavy (non-hydrogen) atoms. The monoisotopic (exact) mass is 268 g/mol. The van der Waals surface area contributed by atoms with Gasteiger partial charge in [-0.2, -0.15) is 11.3 Å². The van der Waals surface area contributed by atoms with Crippen LogP contribution >= 0.6 is 11.3 Å². The van der Waals surface area contributed by atoms with E-state index in [1.807, 2.05) is 16.8 Å². The van der Waals surface area contributed by atoms with Gasteiger partial charge < -0.3 is 5.73 Å². The van der Waals surface area contributed by atoms with Crippen molar-refractivity contribution in [2.45, 2.75) is 11.4 Å². The van der Waals surface area contributed by atoms with Crippen LogP contribution in [0.25, 0.3) is 0 Å². The van der Waals surface area contributed by atoms with Crippen molar-refractivity contribution in [1.29, 1.82) is 0 Å². The van der Waals surface area contributed by atoms with E-state index in [1.54, 1.807) is 18.2 Å². The highest BCUT2D eigenvalue weighted by Crippen LogP contribution is 2.17. The fourth-order valence-corrected chi connectivity index (χ4v) is 3.19. The van der Waals surface area contributed by atoms with Gasteiger partial charge >= 0.3 is 0 Å². The molecular formula is C11H12N2O2S2. The number of hydrogen-bond donors (Lipinski definition) is 2. The van der Waals surface area contributed by atoms with Crippen LogP contribution < -0.4 is 10.5 Å². The number of rotatable bonds is 4. The molecule has 0 aliphatic rings. The molecule has 4 nitrogen and oxygen atoms in total. The van der Waals surface area contributed by atoms with Crippen LogP contribution in [0.5, 0.6) is 0 Å². The van der Waals surface area contributed by atoms with Crippen LogP contribution in [0.15, 0.2) is 46.0 Å². The van der Waals surface area contributed by atoms with Crippen molar-refractivity contribution in [2.24, 2.45) is 0 Å². The van der Waals surface area contributed by atoms with Crippen molar-refractivity contribution in [2.75, 3.05) is 5.73 Å². The van der Waals surface area contributed by atoms with Crippen LogP contribution in [0.1, 0.15) is 5.56 Å². The van der Waals surface area contributed by atoms with E-state index in [0.717, 1.165) is 5.56 Å². The molecule has 0 spiro atoms. The first-order valence-electron chi connectivity index (χ1n) is 4.95. The molecule has 0 saturated carbocycles. The summed E-state index contributed by atoms with van der Waals surface area (Å²) in [7, 11) is -3.54. The van der Waals surface area contributed by atoms with Gasteiger partial charge in [-0.05, 0) is 34.5 Å². The van der Waals surface area contributed by atoms with Gasteiger partial charge in [0.2, 0.25) is 10.0 Å². The fourth-order valence-electron chi connectivity index (χ4n) is 1.37. The zero-order valence-corrected chi connectivity index (χ0v) is 10.6. The molecule has 2 aromatic rings. The van der Waals surface area contributed by atoms with E-state index in [2.05, 4.69) is 4.72 Å². The van der Waals surface area contributed by atoms with Crippen LogP contribution in [0, 0.1) is 0 Å². The number of thiophene rings is 1. The predicted molar refractivity (Wildman–Crippen MR) is 69.2 cm³/mol. The molecule has 1 heterocycles. The molecule has 2 rings (SSSR count). The molecule has 0 atom stereocenters. The first kappa shape index (κ1) is 12.1. The van der Waals surface area contributed by atoms with E-state index in [4.69, 9.17) is 5.73 Å². The third-order valence-electron chi connectivity index (χ3n) is 2.25. The number of nitrogens with one attached hydrogen (secondary N) is 1. The van der Waals surface area contributed by atoms with Crippen LogP contribution in [-0.2, 0) is 16.6 Å². The quantitative estimate of drug-likeness (QED) is 0.831.